The molecular formula is C19H22O4. The van der Waals surface area contributed by atoms with Crippen molar-refractivity contribution in [2.45, 2.75) is 13.8 Å². The average molecular weight is 314 g/mol. The third-order valence-electron chi connectivity index (χ3n) is 3.00. The lowest BCUT2D eigenvalue weighted by Gasteiger charge is -2.09. The SMILES string of the molecule is CC(C)COc1ccc(C(=O)OCCOc2ccccc2)cc1. The maximum atomic E-state index is 11.9. The Bertz CT molecular complexity index is 591. The van der Waals surface area contributed by atoms with Crippen molar-refractivity contribution in [3.8, 4) is 11.5 Å². The zero-order chi connectivity index (χ0) is 16.5. The summed E-state index contributed by atoms with van der Waals surface area (Å²) in [6, 6.07) is 16.4. The van der Waals surface area contributed by atoms with Crippen LogP contribution in [0.25, 0.3) is 0 Å². The first-order chi connectivity index (χ1) is 11.1. The Morgan fingerprint density at radius 2 is 1.52 bits per heavy atom. The third-order valence-corrected chi connectivity index (χ3v) is 3.00. The summed E-state index contributed by atoms with van der Waals surface area (Å²) >= 11 is 0. The number of hydrogen-bond acceptors (Lipinski definition) is 4. The molecule has 2 aromatic carbocycles. The second kappa shape index (κ2) is 8.83. The number of ether oxygens (including phenoxy) is 3. The molecular weight excluding hydrogens is 292 g/mol. The van der Waals surface area contributed by atoms with E-state index in [2.05, 4.69) is 13.8 Å². The first-order valence-corrected chi connectivity index (χ1v) is 7.73. The summed E-state index contributed by atoms with van der Waals surface area (Å²) in [5.74, 6) is 1.61. The fourth-order valence-electron chi connectivity index (χ4n) is 1.84. The standard InChI is InChI=1S/C19H22O4/c1-15(2)14-23-18-10-8-16(9-11-18)19(20)22-13-12-21-17-6-4-3-5-7-17/h3-11,15H,12-14H2,1-2H3. The number of carbonyl (C=O) groups excluding carboxylic acids is 1. The van der Waals surface area contributed by atoms with E-state index in [9.17, 15) is 4.79 Å². The molecule has 0 spiro atoms. The summed E-state index contributed by atoms with van der Waals surface area (Å²) in [4.78, 5) is 11.9. The number of benzene rings is 2. The fraction of sp³-hybridized carbons (Fsp3) is 0.316. The minimum atomic E-state index is -0.364. The topological polar surface area (TPSA) is 44.8 Å². The third kappa shape index (κ3) is 6.02. The number of hydrogen-bond donors (Lipinski definition) is 0. The van der Waals surface area contributed by atoms with E-state index in [1.54, 1.807) is 24.3 Å². The molecule has 4 heteroatoms. The van der Waals surface area contributed by atoms with E-state index in [-0.39, 0.29) is 12.6 Å². The van der Waals surface area contributed by atoms with Crippen LogP contribution < -0.4 is 9.47 Å². The van der Waals surface area contributed by atoms with Gasteiger partial charge in [-0.3, -0.25) is 0 Å². The Kier molecular flexibility index (Phi) is 6.48. The van der Waals surface area contributed by atoms with Crippen LogP contribution in [0.15, 0.2) is 54.6 Å². The van der Waals surface area contributed by atoms with Gasteiger partial charge in [0.25, 0.3) is 0 Å². The van der Waals surface area contributed by atoms with Crippen LogP contribution in [0, 0.1) is 5.92 Å². The average Bonchev–Trinajstić information content (AvgIpc) is 2.58. The highest BCUT2D eigenvalue weighted by molar-refractivity contribution is 5.89. The van der Waals surface area contributed by atoms with Crippen LogP contribution in [0.3, 0.4) is 0 Å². The largest absolute Gasteiger partial charge is 0.493 e. The van der Waals surface area contributed by atoms with Gasteiger partial charge in [-0.15, -0.1) is 0 Å². The van der Waals surface area contributed by atoms with Crippen molar-refractivity contribution in [1.82, 2.24) is 0 Å². The molecule has 0 saturated carbocycles. The van der Waals surface area contributed by atoms with Gasteiger partial charge in [-0.05, 0) is 42.3 Å². The molecule has 0 heterocycles. The lowest BCUT2D eigenvalue weighted by atomic mass is 10.2. The molecule has 0 fully saturated rings. The Morgan fingerprint density at radius 3 is 2.17 bits per heavy atom. The van der Waals surface area contributed by atoms with E-state index in [1.807, 2.05) is 30.3 Å². The van der Waals surface area contributed by atoms with Gasteiger partial charge in [0.2, 0.25) is 0 Å². The monoisotopic (exact) mass is 314 g/mol. The highest BCUT2D eigenvalue weighted by Gasteiger charge is 2.07. The van der Waals surface area contributed by atoms with Gasteiger partial charge in [-0.1, -0.05) is 32.0 Å². The van der Waals surface area contributed by atoms with E-state index < -0.39 is 0 Å². The number of esters is 1. The Hall–Kier alpha value is -2.49. The van der Waals surface area contributed by atoms with Crippen LogP contribution in [0.4, 0.5) is 0 Å². The Balaban J connectivity index is 1.72. The summed E-state index contributed by atoms with van der Waals surface area (Å²) in [5, 5.41) is 0. The van der Waals surface area contributed by atoms with Gasteiger partial charge in [0.05, 0.1) is 12.2 Å². The number of rotatable bonds is 8. The van der Waals surface area contributed by atoms with Gasteiger partial charge < -0.3 is 14.2 Å². The zero-order valence-electron chi connectivity index (χ0n) is 13.5. The number of para-hydroxylation sites is 1. The predicted octanol–water partition coefficient (Wildman–Crippen LogP) is 3.96. The lowest BCUT2D eigenvalue weighted by molar-refractivity contribution is 0.0450. The van der Waals surface area contributed by atoms with Crippen LogP contribution in [0.2, 0.25) is 0 Å². The molecule has 0 aliphatic carbocycles. The summed E-state index contributed by atoms with van der Waals surface area (Å²) in [6.07, 6.45) is 0. The van der Waals surface area contributed by atoms with E-state index in [4.69, 9.17) is 14.2 Å². The van der Waals surface area contributed by atoms with Crippen molar-refractivity contribution in [3.63, 3.8) is 0 Å². The molecule has 0 saturated heterocycles. The van der Waals surface area contributed by atoms with Crippen molar-refractivity contribution >= 4 is 5.97 Å². The maximum absolute atomic E-state index is 11.9. The fourth-order valence-corrected chi connectivity index (χ4v) is 1.84. The summed E-state index contributed by atoms with van der Waals surface area (Å²) in [7, 11) is 0. The van der Waals surface area contributed by atoms with Crippen molar-refractivity contribution in [1.29, 1.82) is 0 Å². The molecule has 0 atom stereocenters. The molecule has 0 aliphatic heterocycles. The van der Waals surface area contributed by atoms with Crippen LogP contribution in [-0.2, 0) is 4.74 Å². The molecule has 0 radical (unpaired) electrons. The lowest BCUT2D eigenvalue weighted by Crippen LogP contribution is -2.12. The second-order valence-corrected chi connectivity index (χ2v) is 5.53. The van der Waals surface area contributed by atoms with E-state index in [1.165, 1.54) is 0 Å². The van der Waals surface area contributed by atoms with Gasteiger partial charge in [-0.25, -0.2) is 4.79 Å². The maximum Gasteiger partial charge on any atom is 0.338 e. The summed E-state index contributed by atoms with van der Waals surface area (Å²) in [5.41, 5.74) is 0.501. The van der Waals surface area contributed by atoms with Gasteiger partial charge in [-0.2, -0.15) is 0 Å². The van der Waals surface area contributed by atoms with Crippen molar-refractivity contribution in [3.05, 3.63) is 60.2 Å². The number of carbonyl (C=O) groups is 1. The summed E-state index contributed by atoms with van der Waals surface area (Å²) in [6.45, 7) is 5.36. The van der Waals surface area contributed by atoms with Crippen LogP contribution in [0.1, 0.15) is 24.2 Å². The van der Waals surface area contributed by atoms with Crippen LogP contribution in [0.5, 0.6) is 11.5 Å². The van der Waals surface area contributed by atoms with E-state index in [0.717, 1.165) is 11.5 Å². The molecule has 0 N–H and O–H groups in total. The van der Waals surface area contributed by atoms with Crippen molar-refractivity contribution < 1.29 is 19.0 Å². The molecule has 0 aromatic heterocycles. The first-order valence-electron chi connectivity index (χ1n) is 7.73. The minimum absolute atomic E-state index is 0.208. The summed E-state index contributed by atoms with van der Waals surface area (Å²) < 4.78 is 16.2. The van der Waals surface area contributed by atoms with E-state index >= 15 is 0 Å². The molecule has 2 rings (SSSR count). The van der Waals surface area contributed by atoms with Crippen LogP contribution >= 0.6 is 0 Å². The van der Waals surface area contributed by atoms with E-state index in [0.29, 0.717) is 24.7 Å². The van der Waals surface area contributed by atoms with Crippen LogP contribution in [-0.4, -0.2) is 25.8 Å². The molecule has 23 heavy (non-hydrogen) atoms. The normalized spacial score (nSPS) is 10.4. The predicted molar refractivity (Wildman–Crippen MR) is 89.0 cm³/mol. The Morgan fingerprint density at radius 1 is 0.870 bits per heavy atom. The minimum Gasteiger partial charge on any atom is -0.493 e. The van der Waals surface area contributed by atoms with Crippen molar-refractivity contribution in [2.75, 3.05) is 19.8 Å². The van der Waals surface area contributed by atoms with Gasteiger partial charge in [0, 0.05) is 0 Å². The smallest absolute Gasteiger partial charge is 0.338 e. The Labute approximate surface area is 137 Å². The molecule has 122 valence electrons. The molecule has 4 nitrogen and oxygen atoms in total. The highest BCUT2D eigenvalue weighted by Crippen LogP contribution is 2.14. The van der Waals surface area contributed by atoms with Gasteiger partial charge in [0.15, 0.2) is 0 Å². The molecule has 0 unspecified atom stereocenters. The molecule has 0 aliphatic rings. The molecule has 0 bridgehead atoms. The second-order valence-electron chi connectivity index (χ2n) is 5.53. The van der Waals surface area contributed by atoms with Gasteiger partial charge >= 0.3 is 5.97 Å². The highest BCUT2D eigenvalue weighted by atomic mass is 16.6. The van der Waals surface area contributed by atoms with Crippen molar-refractivity contribution in [2.24, 2.45) is 5.92 Å². The molecule has 0 amide bonds. The quantitative estimate of drug-likeness (QED) is 0.546. The first kappa shape index (κ1) is 16.9. The zero-order valence-corrected chi connectivity index (χ0v) is 13.5. The van der Waals surface area contributed by atoms with Gasteiger partial charge in [0.1, 0.15) is 24.7 Å². The molecule has 2 aromatic rings.